The molecule has 0 unspecified atom stereocenters. The third-order valence-electron chi connectivity index (χ3n) is 5.21. The van der Waals surface area contributed by atoms with Gasteiger partial charge in [-0.2, -0.15) is 0 Å². The average Bonchev–Trinajstić information content (AvgIpc) is 3.24. The van der Waals surface area contributed by atoms with Crippen molar-refractivity contribution < 1.29 is 9.53 Å². The summed E-state index contributed by atoms with van der Waals surface area (Å²) in [6.07, 6.45) is 1.83. The maximum atomic E-state index is 12.7. The fourth-order valence-electron chi connectivity index (χ4n) is 3.54. The minimum Gasteiger partial charge on any atom is -0.496 e. The molecule has 1 aliphatic rings. The zero-order valence-corrected chi connectivity index (χ0v) is 16.9. The molecule has 1 saturated heterocycles. The number of hydrogen-bond donors (Lipinski definition) is 0. The van der Waals surface area contributed by atoms with E-state index in [1.165, 1.54) is 0 Å². The third kappa shape index (κ3) is 3.78. The monoisotopic (exact) mass is 393 g/mol. The Morgan fingerprint density at radius 3 is 2.50 bits per heavy atom. The van der Waals surface area contributed by atoms with Crippen molar-refractivity contribution in [2.24, 2.45) is 0 Å². The van der Waals surface area contributed by atoms with Crippen molar-refractivity contribution >= 4 is 17.2 Å². The summed E-state index contributed by atoms with van der Waals surface area (Å²) in [5, 5.41) is 10.8. The van der Waals surface area contributed by atoms with E-state index in [2.05, 4.69) is 10.2 Å². The number of nitrogens with zero attached hydrogens (tertiary/aromatic N) is 3. The lowest BCUT2D eigenvalue weighted by atomic mass is 9.97. The molecule has 0 aliphatic carbocycles. The highest BCUT2D eigenvalue weighted by Gasteiger charge is 2.27. The van der Waals surface area contributed by atoms with Crippen molar-refractivity contribution in [3.05, 3.63) is 64.7 Å². The Kier molecular flexibility index (Phi) is 5.39. The third-order valence-corrected chi connectivity index (χ3v) is 6.33. The summed E-state index contributed by atoms with van der Waals surface area (Å²) in [5.41, 5.74) is 2.90. The predicted molar refractivity (Wildman–Crippen MR) is 111 cm³/mol. The molecule has 1 amide bonds. The average molecular weight is 394 g/mol. The molecular formula is C22H23N3O2S. The number of rotatable bonds is 4. The first kappa shape index (κ1) is 18.6. The number of methoxy groups -OCH3 is 1. The first-order valence-corrected chi connectivity index (χ1v) is 10.3. The number of carbonyl (C=O) groups excluding carboxylic acids is 1. The van der Waals surface area contributed by atoms with E-state index < -0.39 is 0 Å². The van der Waals surface area contributed by atoms with Gasteiger partial charge in [-0.15, -0.1) is 10.2 Å². The number of para-hydroxylation sites is 1. The van der Waals surface area contributed by atoms with E-state index in [4.69, 9.17) is 4.74 Å². The van der Waals surface area contributed by atoms with Crippen LogP contribution in [0, 0.1) is 6.92 Å². The molecular weight excluding hydrogens is 370 g/mol. The molecule has 1 aromatic heterocycles. The number of aromatic nitrogens is 2. The van der Waals surface area contributed by atoms with Crippen LogP contribution in [0.2, 0.25) is 0 Å². The molecule has 1 aliphatic heterocycles. The Balaban J connectivity index is 1.42. The second kappa shape index (κ2) is 8.10. The van der Waals surface area contributed by atoms with Crippen molar-refractivity contribution in [3.8, 4) is 16.3 Å². The molecule has 0 spiro atoms. The Morgan fingerprint density at radius 1 is 1.07 bits per heavy atom. The number of benzene rings is 2. The van der Waals surface area contributed by atoms with Crippen molar-refractivity contribution in [1.82, 2.24) is 15.1 Å². The second-order valence-corrected chi connectivity index (χ2v) is 8.09. The van der Waals surface area contributed by atoms with Crippen LogP contribution in [0.3, 0.4) is 0 Å². The Labute approximate surface area is 169 Å². The number of aryl methyl sites for hydroxylation is 1. The van der Waals surface area contributed by atoms with E-state index in [-0.39, 0.29) is 5.91 Å². The van der Waals surface area contributed by atoms with Crippen LogP contribution in [0.25, 0.3) is 10.6 Å². The summed E-state index contributed by atoms with van der Waals surface area (Å²) in [7, 11) is 1.67. The quantitative estimate of drug-likeness (QED) is 0.653. The van der Waals surface area contributed by atoms with Gasteiger partial charge in [0.2, 0.25) is 0 Å². The summed E-state index contributed by atoms with van der Waals surface area (Å²) in [5.74, 6) is 1.28. The van der Waals surface area contributed by atoms with Crippen LogP contribution >= 0.6 is 11.3 Å². The molecule has 1 fully saturated rings. The molecule has 5 nitrogen and oxygen atoms in total. The summed E-state index contributed by atoms with van der Waals surface area (Å²) in [6.45, 7) is 3.53. The van der Waals surface area contributed by atoms with Crippen LogP contribution in [0.15, 0.2) is 48.5 Å². The van der Waals surface area contributed by atoms with Crippen LogP contribution in [0.5, 0.6) is 5.75 Å². The van der Waals surface area contributed by atoms with Crippen LogP contribution < -0.4 is 4.74 Å². The Bertz CT molecular complexity index is 960. The predicted octanol–water partition coefficient (Wildman–Crippen LogP) is 4.54. The fourth-order valence-corrected chi connectivity index (χ4v) is 4.58. The van der Waals surface area contributed by atoms with Gasteiger partial charge in [0.1, 0.15) is 10.8 Å². The summed E-state index contributed by atoms with van der Waals surface area (Å²) >= 11 is 1.62. The van der Waals surface area contributed by atoms with E-state index in [9.17, 15) is 4.79 Å². The molecule has 0 N–H and O–H groups in total. The lowest BCUT2D eigenvalue weighted by molar-refractivity contribution is 0.0713. The molecule has 2 heterocycles. The highest BCUT2D eigenvalue weighted by atomic mass is 32.1. The van der Waals surface area contributed by atoms with E-state index in [0.29, 0.717) is 5.92 Å². The summed E-state index contributed by atoms with van der Waals surface area (Å²) < 4.78 is 5.44. The zero-order valence-electron chi connectivity index (χ0n) is 16.1. The second-order valence-electron chi connectivity index (χ2n) is 7.08. The maximum absolute atomic E-state index is 12.7. The normalized spacial score (nSPS) is 14.9. The van der Waals surface area contributed by atoms with Crippen LogP contribution in [0.1, 0.15) is 39.7 Å². The highest BCUT2D eigenvalue weighted by molar-refractivity contribution is 7.14. The lowest BCUT2D eigenvalue weighted by Crippen LogP contribution is -2.37. The van der Waals surface area contributed by atoms with Gasteiger partial charge < -0.3 is 9.64 Å². The number of hydrogen-bond acceptors (Lipinski definition) is 5. The molecule has 0 radical (unpaired) electrons. The molecule has 0 atom stereocenters. The highest BCUT2D eigenvalue weighted by Crippen LogP contribution is 2.36. The van der Waals surface area contributed by atoms with Gasteiger partial charge in [0.15, 0.2) is 5.01 Å². The molecule has 3 aromatic rings. The standard InChI is InChI=1S/C22H23N3O2S/c1-15-7-9-17(10-8-15)22(26)25-13-11-16(12-14-25)20-23-24-21(28-20)18-5-3-4-6-19(18)27-2/h3-10,16H,11-14H2,1-2H3. The maximum Gasteiger partial charge on any atom is 0.253 e. The van der Waals surface area contributed by atoms with Gasteiger partial charge in [0.05, 0.1) is 12.7 Å². The molecule has 0 bridgehead atoms. The van der Waals surface area contributed by atoms with E-state index in [1.807, 2.05) is 60.4 Å². The molecule has 4 rings (SSSR count). The Hall–Kier alpha value is -2.73. The minimum atomic E-state index is 0.116. The van der Waals surface area contributed by atoms with Crippen molar-refractivity contribution in [3.63, 3.8) is 0 Å². The molecule has 0 saturated carbocycles. The number of amides is 1. The van der Waals surface area contributed by atoms with Gasteiger partial charge in [0, 0.05) is 24.6 Å². The van der Waals surface area contributed by atoms with Crippen LogP contribution in [0.4, 0.5) is 0 Å². The number of likely N-dealkylation sites (tertiary alicyclic amines) is 1. The van der Waals surface area contributed by atoms with E-state index >= 15 is 0 Å². The van der Waals surface area contributed by atoms with Gasteiger partial charge in [-0.25, -0.2) is 0 Å². The smallest absolute Gasteiger partial charge is 0.253 e. The lowest BCUT2D eigenvalue weighted by Gasteiger charge is -2.31. The zero-order chi connectivity index (χ0) is 19.5. The number of carbonyl (C=O) groups is 1. The Morgan fingerprint density at radius 2 is 1.79 bits per heavy atom. The van der Waals surface area contributed by atoms with Gasteiger partial charge in [-0.05, 0) is 44.0 Å². The summed E-state index contributed by atoms with van der Waals surface area (Å²) in [4.78, 5) is 14.6. The molecule has 2 aromatic carbocycles. The first-order valence-electron chi connectivity index (χ1n) is 9.48. The van der Waals surface area contributed by atoms with E-state index in [0.717, 1.165) is 58.4 Å². The fraction of sp³-hybridized carbons (Fsp3) is 0.318. The molecule has 6 heteroatoms. The summed E-state index contributed by atoms with van der Waals surface area (Å²) in [6, 6.07) is 15.7. The van der Waals surface area contributed by atoms with Crippen LogP contribution in [-0.2, 0) is 0 Å². The topological polar surface area (TPSA) is 55.3 Å². The first-order chi connectivity index (χ1) is 13.7. The van der Waals surface area contributed by atoms with Gasteiger partial charge >= 0.3 is 0 Å². The largest absolute Gasteiger partial charge is 0.496 e. The molecule has 28 heavy (non-hydrogen) atoms. The molecule has 144 valence electrons. The number of ether oxygens (including phenoxy) is 1. The van der Waals surface area contributed by atoms with Crippen LogP contribution in [-0.4, -0.2) is 41.2 Å². The minimum absolute atomic E-state index is 0.116. The SMILES string of the molecule is COc1ccccc1-c1nnc(C2CCN(C(=O)c3ccc(C)cc3)CC2)s1. The number of piperidine rings is 1. The van der Waals surface area contributed by atoms with Crippen molar-refractivity contribution in [2.45, 2.75) is 25.7 Å². The van der Waals surface area contributed by atoms with Gasteiger partial charge in [-0.3, -0.25) is 4.79 Å². The van der Waals surface area contributed by atoms with E-state index in [1.54, 1.807) is 18.4 Å². The van der Waals surface area contributed by atoms with Crippen molar-refractivity contribution in [2.75, 3.05) is 20.2 Å². The van der Waals surface area contributed by atoms with Crippen molar-refractivity contribution in [1.29, 1.82) is 0 Å². The van der Waals surface area contributed by atoms with Gasteiger partial charge in [-0.1, -0.05) is 41.2 Å². The van der Waals surface area contributed by atoms with Gasteiger partial charge in [0.25, 0.3) is 5.91 Å².